The number of hydrogen-bond acceptors (Lipinski definition) is 5. The predicted molar refractivity (Wildman–Crippen MR) is 111 cm³/mol. The summed E-state index contributed by atoms with van der Waals surface area (Å²) in [4.78, 5) is 9.98. The van der Waals surface area contributed by atoms with Crippen LogP contribution in [0.4, 0.5) is 5.82 Å². The summed E-state index contributed by atoms with van der Waals surface area (Å²) in [7, 11) is 3.90. The maximum absolute atomic E-state index is 5.50. The van der Waals surface area contributed by atoms with Gasteiger partial charge in [-0.25, -0.2) is 4.98 Å². The first kappa shape index (κ1) is 15.9. The van der Waals surface area contributed by atoms with Gasteiger partial charge in [0.2, 0.25) is 0 Å². The van der Waals surface area contributed by atoms with E-state index in [4.69, 9.17) is 9.72 Å². The van der Waals surface area contributed by atoms with Crippen LogP contribution in [0.25, 0.3) is 31.8 Å². The number of likely N-dealkylation sites (N-methyl/N-ethyl adjacent to an activating group) is 1. The second-order valence-electron chi connectivity index (χ2n) is 6.93. The molecule has 1 aliphatic rings. The normalized spacial score (nSPS) is 16.0. The number of ether oxygens (including phenoxy) is 1. The number of hydrogen-bond donors (Lipinski definition) is 0. The third-order valence-corrected chi connectivity index (χ3v) is 6.27. The Morgan fingerprint density at radius 2 is 1.73 bits per heavy atom. The van der Waals surface area contributed by atoms with E-state index in [1.807, 2.05) is 6.07 Å². The van der Waals surface area contributed by atoms with Crippen molar-refractivity contribution in [1.29, 1.82) is 0 Å². The Hall–Kier alpha value is -2.37. The number of nitrogens with zero attached hydrogens (tertiary/aromatic N) is 3. The second-order valence-corrected chi connectivity index (χ2v) is 7.88. The highest BCUT2D eigenvalue weighted by Gasteiger charge is 2.20. The number of rotatable bonds is 2. The number of methoxy groups -OCH3 is 1. The highest BCUT2D eigenvalue weighted by Crippen LogP contribution is 2.38. The quantitative estimate of drug-likeness (QED) is 0.495. The van der Waals surface area contributed by atoms with Gasteiger partial charge >= 0.3 is 0 Å². The first-order valence-electron chi connectivity index (χ1n) is 8.96. The smallest absolute Gasteiger partial charge is 0.137 e. The van der Waals surface area contributed by atoms with Crippen LogP contribution in [0.1, 0.15) is 0 Å². The zero-order valence-electron chi connectivity index (χ0n) is 15.0. The molecule has 0 spiro atoms. The molecule has 0 amide bonds. The Morgan fingerprint density at radius 1 is 0.923 bits per heavy atom. The summed E-state index contributed by atoms with van der Waals surface area (Å²) in [6.07, 6.45) is 0. The van der Waals surface area contributed by atoms with Gasteiger partial charge in [-0.15, -0.1) is 11.3 Å². The Labute approximate surface area is 156 Å². The molecular weight excluding hydrogens is 342 g/mol. The fraction of sp³-hybridized carbons (Fsp3) is 0.286. The number of benzene rings is 2. The highest BCUT2D eigenvalue weighted by atomic mass is 32.1. The number of aromatic nitrogens is 1. The van der Waals surface area contributed by atoms with E-state index in [9.17, 15) is 0 Å². The summed E-state index contributed by atoms with van der Waals surface area (Å²) in [5.41, 5.74) is 1.11. The van der Waals surface area contributed by atoms with E-state index in [2.05, 4.69) is 52.6 Å². The van der Waals surface area contributed by atoms with Crippen molar-refractivity contribution in [3.05, 3.63) is 41.8 Å². The van der Waals surface area contributed by atoms with E-state index in [0.717, 1.165) is 43.3 Å². The maximum atomic E-state index is 5.50. The molecule has 2 aromatic heterocycles. The molecular formula is C21H21N3OS. The topological polar surface area (TPSA) is 28.6 Å². The van der Waals surface area contributed by atoms with Crippen LogP contribution in [0.3, 0.4) is 0 Å². The Bertz CT molecular complexity index is 1110. The molecule has 0 N–H and O–H groups in total. The summed E-state index contributed by atoms with van der Waals surface area (Å²) in [5, 5.41) is 7.04. The minimum absolute atomic E-state index is 0.880. The van der Waals surface area contributed by atoms with E-state index in [1.54, 1.807) is 18.4 Å². The van der Waals surface area contributed by atoms with E-state index in [1.165, 1.54) is 26.2 Å². The molecule has 4 nitrogen and oxygen atoms in total. The van der Waals surface area contributed by atoms with Crippen molar-refractivity contribution in [2.24, 2.45) is 0 Å². The Kier molecular flexibility index (Phi) is 3.72. The summed E-state index contributed by atoms with van der Waals surface area (Å²) >= 11 is 1.78. The van der Waals surface area contributed by atoms with Gasteiger partial charge in [-0.05, 0) is 48.1 Å². The van der Waals surface area contributed by atoms with Crippen molar-refractivity contribution in [3.63, 3.8) is 0 Å². The molecule has 1 fully saturated rings. The Morgan fingerprint density at radius 3 is 2.54 bits per heavy atom. The van der Waals surface area contributed by atoms with Gasteiger partial charge in [-0.1, -0.05) is 6.07 Å². The van der Waals surface area contributed by atoms with E-state index >= 15 is 0 Å². The minimum atomic E-state index is 0.880. The lowest BCUT2D eigenvalue weighted by atomic mass is 10.0. The SMILES string of the molecule is COc1ccc2c(c1)c(N1CCN(C)CC1)nc1c3ccsc3ccc21. The van der Waals surface area contributed by atoms with Gasteiger partial charge in [-0.3, -0.25) is 0 Å². The molecule has 132 valence electrons. The van der Waals surface area contributed by atoms with Gasteiger partial charge in [0.1, 0.15) is 11.6 Å². The fourth-order valence-corrected chi connectivity index (χ4v) is 4.65. The lowest BCUT2D eigenvalue weighted by Gasteiger charge is -2.34. The van der Waals surface area contributed by atoms with Crippen molar-refractivity contribution < 1.29 is 4.74 Å². The highest BCUT2D eigenvalue weighted by molar-refractivity contribution is 7.17. The maximum Gasteiger partial charge on any atom is 0.137 e. The van der Waals surface area contributed by atoms with Crippen molar-refractivity contribution in [3.8, 4) is 5.75 Å². The molecule has 3 heterocycles. The number of thiophene rings is 1. The molecule has 0 saturated carbocycles. The average molecular weight is 363 g/mol. The monoisotopic (exact) mass is 363 g/mol. The molecule has 0 unspecified atom stereocenters. The van der Waals surface area contributed by atoms with Gasteiger partial charge < -0.3 is 14.5 Å². The number of anilines is 1. The summed E-state index contributed by atoms with van der Waals surface area (Å²) < 4.78 is 6.79. The van der Waals surface area contributed by atoms with E-state index in [-0.39, 0.29) is 0 Å². The molecule has 5 rings (SSSR count). The van der Waals surface area contributed by atoms with E-state index < -0.39 is 0 Å². The fourth-order valence-electron chi connectivity index (χ4n) is 3.86. The van der Waals surface area contributed by atoms with Crippen LogP contribution in [0.5, 0.6) is 5.75 Å². The van der Waals surface area contributed by atoms with Crippen LogP contribution in [-0.4, -0.2) is 50.2 Å². The molecule has 0 bridgehead atoms. The lowest BCUT2D eigenvalue weighted by molar-refractivity contribution is 0.312. The molecule has 0 radical (unpaired) electrons. The standard InChI is InChI=1S/C21H21N3OS/c1-23-8-10-24(11-9-23)21-18-13-14(25-2)3-4-15(18)16-5-6-19-17(7-12-26-19)20(16)22-21/h3-7,12-13H,8-11H2,1-2H3. The van der Waals surface area contributed by atoms with Crippen LogP contribution in [0, 0.1) is 0 Å². The van der Waals surface area contributed by atoms with Crippen LogP contribution >= 0.6 is 11.3 Å². The van der Waals surface area contributed by atoms with Crippen molar-refractivity contribution >= 4 is 48.9 Å². The van der Waals surface area contributed by atoms with Crippen LogP contribution < -0.4 is 9.64 Å². The lowest BCUT2D eigenvalue weighted by Crippen LogP contribution is -2.44. The molecule has 5 heteroatoms. The third kappa shape index (κ3) is 2.42. The van der Waals surface area contributed by atoms with Crippen LogP contribution in [0.2, 0.25) is 0 Å². The molecule has 0 aliphatic carbocycles. The predicted octanol–water partition coefficient (Wildman–Crippen LogP) is 4.36. The molecule has 4 aromatic rings. The van der Waals surface area contributed by atoms with Gasteiger partial charge in [0, 0.05) is 47.0 Å². The van der Waals surface area contributed by atoms with Crippen molar-refractivity contribution in [2.75, 3.05) is 45.2 Å². The third-order valence-electron chi connectivity index (χ3n) is 5.39. The second kappa shape index (κ2) is 6.11. The minimum Gasteiger partial charge on any atom is -0.497 e. The first-order valence-corrected chi connectivity index (χ1v) is 9.84. The van der Waals surface area contributed by atoms with Gasteiger partial charge in [0.25, 0.3) is 0 Å². The van der Waals surface area contributed by atoms with Crippen LogP contribution in [0.15, 0.2) is 41.8 Å². The summed E-state index contributed by atoms with van der Waals surface area (Å²) in [6.45, 7) is 4.13. The van der Waals surface area contributed by atoms with Gasteiger partial charge in [0.15, 0.2) is 0 Å². The Balaban J connectivity index is 1.83. The zero-order chi connectivity index (χ0) is 17.7. The first-order chi connectivity index (χ1) is 12.7. The van der Waals surface area contributed by atoms with Crippen molar-refractivity contribution in [2.45, 2.75) is 0 Å². The molecule has 1 saturated heterocycles. The molecule has 1 aliphatic heterocycles. The number of fused-ring (bicyclic) bond motifs is 5. The van der Waals surface area contributed by atoms with Gasteiger partial charge in [-0.2, -0.15) is 0 Å². The zero-order valence-corrected chi connectivity index (χ0v) is 15.8. The molecule has 26 heavy (non-hydrogen) atoms. The number of piperazine rings is 1. The average Bonchev–Trinajstić information content (AvgIpc) is 3.16. The van der Waals surface area contributed by atoms with Gasteiger partial charge in [0.05, 0.1) is 12.6 Å². The van der Waals surface area contributed by atoms with Crippen molar-refractivity contribution in [1.82, 2.24) is 9.88 Å². The summed E-state index contributed by atoms with van der Waals surface area (Å²) in [5.74, 6) is 1.96. The molecule has 0 atom stereocenters. The summed E-state index contributed by atoms with van der Waals surface area (Å²) in [6, 6.07) is 13.0. The molecule has 2 aromatic carbocycles. The number of pyridine rings is 1. The largest absolute Gasteiger partial charge is 0.497 e. The van der Waals surface area contributed by atoms with E-state index in [0.29, 0.717) is 0 Å². The van der Waals surface area contributed by atoms with Crippen LogP contribution in [-0.2, 0) is 0 Å².